The summed E-state index contributed by atoms with van der Waals surface area (Å²) in [6.45, 7) is 0. The summed E-state index contributed by atoms with van der Waals surface area (Å²) < 4.78 is 5.29. The van der Waals surface area contributed by atoms with Gasteiger partial charge in [-0.2, -0.15) is 0 Å². The van der Waals surface area contributed by atoms with Gasteiger partial charge in [0.05, 0.1) is 24.1 Å². The second-order valence-electron chi connectivity index (χ2n) is 5.82. The summed E-state index contributed by atoms with van der Waals surface area (Å²) in [6, 6.07) is 7.37. The molecule has 0 bridgehead atoms. The normalized spacial score (nSPS) is 13.7. The van der Waals surface area contributed by atoms with Crippen molar-refractivity contribution in [3.05, 3.63) is 47.3 Å². The number of ether oxygens (including phenoxy) is 1. The Morgan fingerprint density at radius 1 is 1.35 bits per heavy atom. The number of anilines is 1. The Morgan fingerprint density at radius 2 is 2.19 bits per heavy atom. The van der Waals surface area contributed by atoms with E-state index in [1.54, 1.807) is 25.4 Å². The molecule has 2 heterocycles. The lowest BCUT2D eigenvalue weighted by molar-refractivity contribution is -0.118. The topological polar surface area (TPSA) is 97.2 Å². The number of nitrogens with two attached hydrogens (primary N) is 1. The summed E-state index contributed by atoms with van der Waals surface area (Å²) in [6.07, 6.45) is 5.02. The number of benzene rings is 1. The van der Waals surface area contributed by atoms with Gasteiger partial charge < -0.3 is 20.8 Å². The summed E-state index contributed by atoms with van der Waals surface area (Å²) in [5.74, 6) is 6.30. The molecular formula is C20H19N3O3. The number of hydrogen-bond donors (Lipinski definition) is 3. The molecule has 0 unspecified atom stereocenters. The Kier molecular flexibility index (Phi) is 5.09. The first-order chi connectivity index (χ1) is 12.6. The van der Waals surface area contributed by atoms with E-state index in [1.807, 2.05) is 18.2 Å². The summed E-state index contributed by atoms with van der Waals surface area (Å²) >= 11 is 0. The molecule has 6 nitrogen and oxygen atoms in total. The van der Waals surface area contributed by atoms with Crippen LogP contribution in [0, 0.1) is 11.8 Å². The Morgan fingerprint density at radius 3 is 2.96 bits per heavy atom. The van der Waals surface area contributed by atoms with Crippen LogP contribution in [0.25, 0.3) is 11.6 Å². The fourth-order valence-electron chi connectivity index (χ4n) is 2.80. The number of amides is 2. The monoisotopic (exact) mass is 349 g/mol. The number of primary amides is 1. The standard InChI is InChI=1S/C20H19N3O3/c1-26-17-10-11-22-16(17)12-14-19-13(6-3-2-4-9-18(21)24)7-5-8-15(19)23-20(14)25/h5,7-8,10-12,22H,2,4,9H2,1H3,(H2,21,24)(H,23,25)/b14-12-. The molecule has 0 saturated heterocycles. The molecule has 132 valence electrons. The molecule has 6 heteroatoms. The molecule has 2 amide bonds. The quantitative estimate of drug-likeness (QED) is 0.439. The molecule has 4 N–H and O–H groups in total. The summed E-state index contributed by atoms with van der Waals surface area (Å²) in [5, 5.41) is 2.86. The average molecular weight is 349 g/mol. The van der Waals surface area contributed by atoms with E-state index in [2.05, 4.69) is 22.1 Å². The molecule has 0 spiro atoms. The van der Waals surface area contributed by atoms with E-state index in [0.29, 0.717) is 30.6 Å². The number of methoxy groups -OCH3 is 1. The van der Waals surface area contributed by atoms with Gasteiger partial charge >= 0.3 is 0 Å². The molecule has 0 saturated carbocycles. The number of H-pyrrole nitrogens is 1. The third kappa shape index (κ3) is 3.62. The van der Waals surface area contributed by atoms with E-state index in [0.717, 1.165) is 22.5 Å². The lowest BCUT2D eigenvalue weighted by atomic mass is 9.99. The molecule has 0 atom stereocenters. The minimum atomic E-state index is -0.327. The number of aromatic nitrogens is 1. The Balaban J connectivity index is 1.93. The average Bonchev–Trinajstić information content (AvgIpc) is 3.19. The highest BCUT2D eigenvalue weighted by molar-refractivity contribution is 6.35. The first-order valence-electron chi connectivity index (χ1n) is 8.25. The van der Waals surface area contributed by atoms with Crippen molar-refractivity contribution in [1.29, 1.82) is 0 Å². The number of nitrogens with one attached hydrogen (secondary N) is 2. The molecule has 2 aromatic rings. The molecule has 1 aromatic heterocycles. The van der Waals surface area contributed by atoms with Crippen LogP contribution in [-0.2, 0) is 9.59 Å². The number of unbranched alkanes of at least 4 members (excludes halogenated alkanes) is 1. The second-order valence-corrected chi connectivity index (χ2v) is 5.82. The van der Waals surface area contributed by atoms with Gasteiger partial charge in [0.25, 0.3) is 5.91 Å². The van der Waals surface area contributed by atoms with Gasteiger partial charge in [0.1, 0.15) is 5.75 Å². The fraction of sp³-hybridized carbons (Fsp3) is 0.200. The summed E-state index contributed by atoms with van der Waals surface area (Å²) in [7, 11) is 1.58. The van der Waals surface area contributed by atoms with Gasteiger partial charge in [-0.15, -0.1) is 0 Å². The Bertz CT molecular complexity index is 945. The summed E-state index contributed by atoms with van der Waals surface area (Å²) in [4.78, 5) is 26.3. The summed E-state index contributed by atoms with van der Waals surface area (Å²) in [5.41, 5.74) is 8.64. The highest BCUT2D eigenvalue weighted by Crippen LogP contribution is 2.36. The number of rotatable bonds is 5. The van der Waals surface area contributed by atoms with Gasteiger partial charge in [0.2, 0.25) is 5.91 Å². The van der Waals surface area contributed by atoms with E-state index >= 15 is 0 Å². The van der Waals surface area contributed by atoms with Crippen LogP contribution in [0.4, 0.5) is 5.69 Å². The van der Waals surface area contributed by atoms with Gasteiger partial charge in [-0.1, -0.05) is 17.9 Å². The molecule has 1 aliphatic heterocycles. The maximum atomic E-state index is 12.4. The van der Waals surface area contributed by atoms with Crippen LogP contribution in [-0.4, -0.2) is 23.9 Å². The van der Waals surface area contributed by atoms with E-state index in [4.69, 9.17) is 10.5 Å². The van der Waals surface area contributed by atoms with Crippen LogP contribution in [0.2, 0.25) is 0 Å². The van der Waals surface area contributed by atoms with Gasteiger partial charge in [-0.05, 0) is 30.7 Å². The fourth-order valence-corrected chi connectivity index (χ4v) is 2.80. The van der Waals surface area contributed by atoms with Crippen molar-refractivity contribution in [2.75, 3.05) is 12.4 Å². The van der Waals surface area contributed by atoms with Gasteiger partial charge in [-0.25, -0.2) is 0 Å². The van der Waals surface area contributed by atoms with Crippen molar-refractivity contribution in [2.45, 2.75) is 19.3 Å². The largest absolute Gasteiger partial charge is 0.495 e. The Labute approximate surface area is 151 Å². The lowest BCUT2D eigenvalue weighted by Crippen LogP contribution is -2.09. The molecule has 0 fully saturated rings. The SMILES string of the molecule is COc1cc[nH]c1/C=C1\C(=O)Nc2cccc(C#CCCCC(N)=O)c21. The maximum absolute atomic E-state index is 12.4. The number of hydrogen-bond acceptors (Lipinski definition) is 3. The molecule has 1 aliphatic rings. The highest BCUT2D eigenvalue weighted by Gasteiger charge is 2.26. The van der Waals surface area contributed by atoms with Crippen molar-refractivity contribution in [1.82, 2.24) is 4.98 Å². The minimum absolute atomic E-state index is 0.181. The molecule has 0 radical (unpaired) electrons. The van der Waals surface area contributed by atoms with Crippen molar-refractivity contribution >= 4 is 29.2 Å². The van der Waals surface area contributed by atoms with E-state index in [1.165, 1.54) is 0 Å². The predicted octanol–water partition coefficient (Wildman–Crippen LogP) is 2.52. The first kappa shape index (κ1) is 17.4. The number of fused-ring (bicyclic) bond motifs is 1. The van der Waals surface area contributed by atoms with Crippen LogP contribution >= 0.6 is 0 Å². The predicted molar refractivity (Wildman–Crippen MR) is 100 cm³/mol. The molecule has 0 aliphatic carbocycles. The number of aromatic amines is 1. The van der Waals surface area contributed by atoms with Crippen LogP contribution in [0.1, 0.15) is 36.1 Å². The van der Waals surface area contributed by atoms with Crippen LogP contribution < -0.4 is 15.8 Å². The van der Waals surface area contributed by atoms with Crippen molar-refractivity contribution in [3.8, 4) is 17.6 Å². The zero-order valence-electron chi connectivity index (χ0n) is 14.4. The van der Waals surface area contributed by atoms with E-state index < -0.39 is 0 Å². The number of carbonyl (C=O) groups is 2. The zero-order chi connectivity index (χ0) is 18.5. The van der Waals surface area contributed by atoms with Gasteiger partial charge in [0.15, 0.2) is 0 Å². The van der Waals surface area contributed by atoms with E-state index in [9.17, 15) is 9.59 Å². The van der Waals surface area contributed by atoms with E-state index in [-0.39, 0.29) is 11.8 Å². The number of carbonyl (C=O) groups excluding carboxylic acids is 2. The first-order valence-corrected chi connectivity index (χ1v) is 8.25. The molecular weight excluding hydrogens is 330 g/mol. The lowest BCUT2D eigenvalue weighted by Gasteiger charge is -2.03. The van der Waals surface area contributed by atoms with Gasteiger partial charge in [-0.3, -0.25) is 9.59 Å². The molecule has 26 heavy (non-hydrogen) atoms. The zero-order valence-corrected chi connectivity index (χ0v) is 14.4. The van der Waals surface area contributed by atoms with Crippen molar-refractivity contribution in [3.63, 3.8) is 0 Å². The minimum Gasteiger partial charge on any atom is -0.495 e. The van der Waals surface area contributed by atoms with Crippen molar-refractivity contribution in [2.24, 2.45) is 5.73 Å². The van der Waals surface area contributed by atoms with Crippen molar-refractivity contribution < 1.29 is 14.3 Å². The second kappa shape index (κ2) is 7.62. The van der Waals surface area contributed by atoms with Crippen LogP contribution in [0.15, 0.2) is 30.5 Å². The van der Waals surface area contributed by atoms with Gasteiger partial charge in [0, 0.05) is 30.2 Å². The molecule has 1 aromatic carbocycles. The third-order valence-electron chi connectivity index (χ3n) is 4.02. The third-order valence-corrected chi connectivity index (χ3v) is 4.02. The van der Waals surface area contributed by atoms with Crippen LogP contribution in [0.5, 0.6) is 5.75 Å². The molecule has 3 rings (SSSR count). The van der Waals surface area contributed by atoms with Crippen LogP contribution in [0.3, 0.4) is 0 Å². The highest BCUT2D eigenvalue weighted by atomic mass is 16.5. The maximum Gasteiger partial charge on any atom is 0.256 e. The Hall–Kier alpha value is -3.46. The smallest absolute Gasteiger partial charge is 0.256 e.